The second-order valence-electron chi connectivity index (χ2n) is 10.7. The van der Waals surface area contributed by atoms with E-state index in [1.54, 1.807) is 24.3 Å². The van der Waals surface area contributed by atoms with Crippen molar-refractivity contribution in [1.29, 1.82) is 0 Å². The van der Waals surface area contributed by atoms with E-state index >= 15 is 0 Å². The molecule has 0 bridgehead atoms. The van der Waals surface area contributed by atoms with Crippen LogP contribution in [-0.4, -0.2) is 50.0 Å². The molecule has 0 fully saturated rings. The lowest BCUT2D eigenvalue weighted by Gasteiger charge is -2.32. The van der Waals surface area contributed by atoms with Crippen molar-refractivity contribution in [1.82, 2.24) is 10.2 Å². The third-order valence-electron chi connectivity index (χ3n) is 7.15. The first-order chi connectivity index (χ1) is 20.7. The molecule has 12 heteroatoms. The molecule has 238 valence electrons. The molecule has 2 atom stereocenters. The number of nitrogens with zero attached hydrogens (tertiary/aromatic N) is 2. The van der Waals surface area contributed by atoms with Crippen LogP contribution in [0.25, 0.3) is 0 Å². The Balaban J connectivity index is 1.90. The van der Waals surface area contributed by atoms with Gasteiger partial charge in [0.15, 0.2) is 0 Å². The van der Waals surface area contributed by atoms with Gasteiger partial charge in [0.1, 0.15) is 6.04 Å². The average molecular weight is 652 g/mol. The summed E-state index contributed by atoms with van der Waals surface area (Å²) in [5.41, 5.74) is 0.449. The summed E-state index contributed by atoms with van der Waals surface area (Å²) in [5.74, 6) is -0.732. The molecular weight excluding hydrogens is 615 g/mol. The number of anilines is 1. The van der Waals surface area contributed by atoms with E-state index in [4.69, 9.17) is 11.6 Å². The summed E-state index contributed by atoms with van der Waals surface area (Å²) in [4.78, 5) is 29.0. The zero-order valence-corrected chi connectivity index (χ0v) is 26.4. The maximum atomic E-state index is 13.9. The third-order valence-corrected chi connectivity index (χ3v) is 8.60. The van der Waals surface area contributed by atoms with E-state index in [0.29, 0.717) is 11.4 Å². The second kappa shape index (κ2) is 15.4. The molecule has 3 aromatic carbocycles. The van der Waals surface area contributed by atoms with Crippen molar-refractivity contribution < 1.29 is 31.2 Å². The summed E-state index contributed by atoms with van der Waals surface area (Å²) >= 11 is 6.06. The number of hydrogen-bond acceptors (Lipinski definition) is 4. The Bertz CT molecular complexity index is 1500. The number of hydrogen-bond donors (Lipinski definition) is 1. The smallest absolute Gasteiger partial charge is 0.352 e. The molecule has 0 aliphatic rings. The summed E-state index contributed by atoms with van der Waals surface area (Å²) in [6, 6.07) is 19.2. The number of rotatable bonds is 14. The molecule has 0 aromatic heterocycles. The van der Waals surface area contributed by atoms with Crippen molar-refractivity contribution in [2.75, 3.05) is 17.1 Å². The third kappa shape index (κ3) is 10.3. The standard InChI is InChI=1S/C32H37ClF3N3O4S/c1-4-23(2)37-31(41)29(20-24-10-6-5-7-11-24)38(22-25-15-17-27(33)18-16-25)30(40)14-9-19-39(44(3,42)43)28-13-8-12-26(21-28)32(34,35)36/h5-8,10-13,15-18,21,23,29H,4,9,14,19-20,22H2,1-3H3,(H,37,41)/t23-,29+/m0/s1. The van der Waals surface area contributed by atoms with E-state index in [9.17, 15) is 31.2 Å². The highest BCUT2D eigenvalue weighted by molar-refractivity contribution is 7.92. The van der Waals surface area contributed by atoms with Crippen molar-refractivity contribution in [3.63, 3.8) is 0 Å². The van der Waals surface area contributed by atoms with Gasteiger partial charge in [0.2, 0.25) is 21.8 Å². The maximum absolute atomic E-state index is 13.9. The van der Waals surface area contributed by atoms with E-state index in [2.05, 4.69) is 5.32 Å². The van der Waals surface area contributed by atoms with Gasteiger partial charge >= 0.3 is 6.18 Å². The first kappa shape index (κ1) is 34.9. The van der Waals surface area contributed by atoms with Crippen molar-refractivity contribution in [2.45, 2.75) is 64.3 Å². The lowest BCUT2D eigenvalue weighted by molar-refractivity contribution is -0.141. The van der Waals surface area contributed by atoms with Crippen molar-refractivity contribution in [2.24, 2.45) is 0 Å². The highest BCUT2D eigenvalue weighted by Crippen LogP contribution is 2.32. The van der Waals surface area contributed by atoms with Gasteiger partial charge < -0.3 is 10.2 Å². The van der Waals surface area contributed by atoms with Gasteiger partial charge in [-0.15, -0.1) is 0 Å². The van der Waals surface area contributed by atoms with Crippen LogP contribution in [0.5, 0.6) is 0 Å². The minimum atomic E-state index is -4.65. The number of sulfonamides is 1. The first-order valence-electron chi connectivity index (χ1n) is 14.2. The minimum Gasteiger partial charge on any atom is -0.352 e. The van der Waals surface area contributed by atoms with Gasteiger partial charge in [-0.3, -0.25) is 13.9 Å². The number of carbonyl (C=O) groups is 2. The maximum Gasteiger partial charge on any atom is 0.416 e. The zero-order valence-electron chi connectivity index (χ0n) is 24.9. The summed E-state index contributed by atoms with van der Waals surface area (Å²) < 4.78 is 66.0. The van der Waals surface area contributed by atoms with Crippen LogP contribution in [0, 0.1) is 0 Å². The molecule has 0 heterocycles. The number of carbonyl (C=O) groups excluding carboxylic acids is 2. The molecule has 0 unspecified atom stereocenters. The largest absolute Gasteiger partial charge is 0.416 e. The van der Waals surface area contributed by atoms with Crippen LogP contribution in [0.3, 0.4) is 0 Å². The number of alkyl halides is 3. The Kier molecular flexibility index (Phi) is 12.2. The Morgan fingerprint density at radius 3 is 2.20 bits per heavy atom. The molecule has 7 nitrogen and oxygen atoms in total. The lowest BCUT2D eigenvalue weighted by Crippen LogP contribution is -2.52. The molecule has 0 saturated carbocycles. The van der Waals surface area contributed by atoms with Crippen LogP contribution in [-0.2, 0) is 38.8 Å². The van der Waals surface area contributed by atoms with Gasteiger partial charge in [-0.05, 0) is 61.2 Å². The molecule has 0 aliphatic heterocycles. The van der Waals surface area contributed by atoms with Crippen molar-refractivity contribution in [3.8, 4) is 0 Å². The van der Waals surface area contributed by atoms with Gasteiger partial charge in [0, 0.05) is 37.0 Å². The van der Waals surface area contributed by atoms with Crippen LogP contribution in [0.2, 0.25) is 5.02 Å². The number of benzene rings is 3. The quantitative estimate of drug-likeness (QED) is 0.217. The number of amides is 2. The van der Waals surface area contributed by atoms with Gasteiger partial charge in [0.25, 0.3) is 0 Å². The molecule has 0 aliphatic carbocycles. The molecule has 0 spiro atoms. The zero-order chi connectivity index (χ0) is 32.5. The fourth-order valence-electron chi connectivity index (χ4n) is 4.62. The first-order valence-corrected chi connectivity index (χ1v) is 16.4. The van der Waals surface area contributed by atoms with Crippen LogP contribution < -0.4 is 9.62 Å². The summed E-state index contributed by atoms with van der Waals surface area (Å²) in [6.45, 7) is 3.66. The molecule has 3 rings (SSSR count). The molecule has 3 aromatic rings. The second-order valence-corrected chi connectivity index (χ2v) is 13.0. The fourth-order valence-corrected chi connectivity index (χ4v) is 5.71. The van der Waals surface area contributed by atoms with Crippen LogP contribution in [0.1, 0.15) is 49.8 Å². The highest BCUT2D eigenvalue weighted by atomic mass is 35.5. The Morgan fingerprint density at radius 2 is 1.61 bits per heavy atom. The summed E-state index contributed by atoms with van der Waals surface area (Å²) in [7, 11) is -3.97. The van der Waals surface area contributed by atoms with E-state index in [1.165, 1.54) is 11.0 Å². The normalized spacial score (nSPS) is 13.2. The van der Waals surface area contributed by atoms with Gasteiger partial charge in [-0.25, -0.2) is 8.42 Å². The van der Waals surface area contributed by atoms with Crippen LogP contribution >= 0.6 is 11.6 Å². The topological polar surface area (TPSA) is 86.8 Å². The Morgan fingerprint density at radius 1 is 0.955 bits per heavy atom. The van der Waals surface area contributed by atoms with Crippen molar-refractivity contribution >= 4 is 39.1 Å². The van der Waals surface area contributed by atoms with Crippen LogP contribution in [0.4, 0.5) is 18.9 Å². The minimum absolute atomic E-state index is 0.00427. The monoisotopic (exact) mass is 651 g/mol. The predicted octanol–water partition coefficient (Wildman–Crippen LogP) is 6.46. The van der Waals surface area contributed by atoms with Crippen molar-refractivity contribution in [3.05, 3.63) is 101 Å². The fraction of sp³-hybridized carbons (Fsp3) is 0.375. The van der Waals surface area contributed by atoms with E-state index in [0.717, 1.165) is 39.9 Å². The predicted molar refractivity (Wildman–Crippen MR) is 167 cm³/mol. The number of halogens is 4. The molecule has 1 N–H and O–H groups in total. The SMILES string of the molecule is CC[C@H](C)NC(=O)[C@@H](Cc1ccccc1)N(Cc1ccc(Cl)cc1)C(=O)CCCN(c1cccc(C(F)(F)F)c1)S(C)(=O)=O. The van der Waals surface area contributed by atoms with E-state index in [-0.39, 0.29) is 50.0 Å². The summed E-state index contributed by atoms with van der Waals surface area (Å²) in [5, 5.41) is 3.49. The van der Waals surface area contributed by atoms with E-state index in [1.807, 2.05) is 44.2 Å². The Labute approximate surface area is 262 Å². The Hall–Kier alpha value is -3.57. The van der Waals surface area contributed by atoms with E-state index < -0.39 is 33.7 Å². The van der Waals surface area contributed by atoms with Gasteiger partial charge in [0.05, 0.1) is 17.5 Å². The number of nitrogens with one attached hydrogen (secondary N) is 1. The van der Waals surface area contributed by atoms with Gasteiger partial charge in [-0.1, -0.05) is 67.1 Å². The molecule has 0 radical (unpaired) electrons. The average Bonchev–Trinajstić information content (AvgIpc) is 2.97. The molecule has 0 saturated heterocycles. The highest BCUT2D eigenvalue weighted by Gasteiger charge is 2.33. The van der Waals surface area contributed by atoms with Gasteiger partial charge in [-0.2, -0.15) is 13.2 Å². The lowest BCUT2D eigenvalue weighted by atomic mass is 10.0. The molecule has 2 amide bonds. The van der Waals surface area contributed by atoms with Crippen LogP contribution in [0.15, 0.2) is 78.9 Å². The summed E-state index contributed by atoms with van der Waals surface area (Å²) in [6.07, 6.45) is -2.98. The molecule has 44 heavy (non-hydrogen) atoms. The molecular formula is C32H37ClF3N3O4S.